The number of carboxylic acid groups (broad SMARTS) is 1. The maximum atomic E-state index is 11.9. The highest BCUT2D eigenvalue weighted by Crippen LogP contribution is 2.13. The highest BCUT2D eigenvalue weighted by atomic mass is 16.5. The molecule has 47 heavy (non-hydrogen) atoms. The van der Waals surface area contributed by atoms with Crippen molar-refractivity contribution in [3.63, 3.8) is 0 Å². The summed E-state index contributed by atoms with van der Waals surface area (Å²) in [7, 11) is 0. The van der Waals surface area contributed by atoms with Crippen LogP contribution in [0.4, 0.5) is 0 Å². The highest BCUT2D eigenvalue weighted by Gasteiger charge is 2.17. The van der Waals surface area contributed by atoms with Crippen molar-refractivity contribution in [2.24, 2.45) is 0 Å². The van der Waals surface area contributed by atoms with Gasteiger partial charge >= 0.3 is 5.97 Å². The fourth-order valence-electron chi connectivity index (χ4n) is 4.93. The predicted octanol–water partition coefficient (Wildman–Crippen LogP) is 4.51. The van der Waals surface area contributed by atoms with Crippen LogP contribution in [0.25, 0.3) is 0 Å². The molecule has 0 saturated carbocycles. The second-order valence-corrected chi connectivity index (χ2v) is 12.2. The van der Waals surface area contributed by atoms with Crippen LogP contribution in [0.15, 0.2) is 0 Å². The summed E-state index contributed by atoms with van der Waals surface area (Å²) < 4.78 is 16.1. The van der Waals surface area contributed by atoms with Crippen LogP contribution in [0, 0.1) is 0 Å². The fourth-order valence-corrected chi connectivity index (χ4v) is 4.93. The number of amides is 2. The zero-order valence-electron chi connectivity index (χ0n) is 29.4. The minimum Gasteiger partial charge on any atom is -0.481 e. The van der Waals surface area contributed by atoms with E-state index in [-0.39, 0.29) is 43.5 Å². The van der Waals surface area contributed by atoms with Crippen LogP contribution in [0.5, 0.6) is 0 Å². The molecule has 1 unspecified atom stereocenters. The lowest BCUT2D eigenvalue weighted by atomic mass is 10.0. The molecule has 274 valence electrons. The largest absolute Gasteiger partial charge is 0.481 e. The number of carbonyl (C=O) groups excluding carboxylic acids is 4. The number of carboxylic acids is 1. The van der Waals surface area contributed by atoms with Crippen molar-refractivity contribution in [2.45, 2.75) is 135 Å². The molecule has 0 saturated heterocycles. The van der Waals surface area contributed by atoms with Gasteiger partial charge in [0.15, 0.2) is 5.78 Å². The van der Waals surface area contributed by atoms with Crippen LogP contribution in [0.1, 0.15) is 129 Å². The van der Waals surface area contributed by atoms with E-state index in [0.717, 1.165) is 25.9 Å². The van der Waals surface area contributed by atoms with Crippen LogP contribution < -0.4 is 16.0 Å². The Labute approximate surface area is 283 Å². The van der Waals surface area contributed by atoms with E-state index in [1.807, 2.05) is 0 Å². The van der Waals surface area contributed by atoms with Crippen molar-refractivity contribution >= 4 is 29.4 Å². The Hall–Kier alpha value is -2.41. The monoisotopic (exact) mass is 671 g/mol. The minimum atomic E-state index is -0.739. The van der Waals surface area contributed by atoms with Gasteiger partial charge in [0, 0.05) is 25.9 Å². The summed E-state index contributed by atoms with van der Waals surface area (Å²) in [6.45, 7) is 6.15. The molecule has 12 nitrogen and oxygen atoms in total. The van der Waals surface area contributed by atoms with Crippen molar-refractivity contribution < 1.29 is 43.3 Å². The standard InChI is InChI=1S/C35H65N3O9/c1-30(39)19-20-32(31(2)40)38-34(42)29-47-28-33(41)37-23-25-46-27-26-45-24-22-36-21-17-15-13-11-9-7-5-3-4-6-8-10-12-14-16-18-35(43)44/h32,36H,3-29H2,1-2H3,(H,37,41)(H,38,42)(H,43,44). The lowest BCUT2D eigenvalue weighted by Gasteiger charge is -2.15. The van der Waals surface area contributed by atoms with Crippen molar-refractivity contribution in [3.05, 3.63) is 0 Å². The van der Waals surface area contributed by atoms with Gasteiger partial charge in [-0.15, -0.1) is 0 Å². The van der Waals surface area contributed by atoms with Gasteiger partial charge in [-0.25, -0.2) is 0 Å². The zero-order valence-corrected chi connectivity index (χ0v) is 29.4. The second-order valence-electron chi connectivity index (χ2n) is 12.2. The van der Waals surface area contributed by atoms with Crippen LogP contribution >= 0.6 is 0 Å². The maximum Gasteiger partial charge on any atom is 0.303 e. The Kier molecular flexibility index (Phi) is 31.8. The van der Waals surface area contributed by atoms with Crippen LogP contribution in [-0.4, -0.2) is 99.8 Å². The van der Waals surface area contributed by atoms with Gasteiger partial charge in [-0.1, -0.05) is 83.5 Å². The third-order valence-electron chi connectivity index (χ3n) is 7.69. The van der Waals surface area contributed by atoms with E-state index in [9.17, 15) is 24.0 Å². The Balaban J connectivity index is 3.33. The molecule has 0 bridgehead atoms. The second kappa shape index (κ2) is 33.5. The molecule has 12 heteroatoms. The Bertz CT molecular complexity index is 826. The summed E-state index contributed by atoms with van der Waals surface area (Å²) in [6, 6.07) is -0.739. The first kappa shape index (κ1) is 44.6. The lowest BCUT2D eigenvalue weighted by molar-refractivity contribution is -0.137. The van der Waals surface area contributed by atoms with E-state index >= 15 is 0 Å². The Morgan fingerprint density at radius 1 is 0.553 bits per heavy atom. The van der Waals surface area contributed by atoms with Gasteiger partial charge < -0.3 is 40.1 Å². The molecule has 4 N–H and O–H groups in total. The molecule has 2 amide bonds. The van der Waals surface area contributed by atoms with E-state index in [0.29, 0.717) is 39.4 Å². The summed E-state index contributed by atoms with van der Waals surface area (Å²) in [4.78, 5) is 56.9. The topological polar surface area (TPSA) is 169 Å². The summed E-state index contributed by atoms with van der Waals surface area (Å²) in [5, 5.41) is 17.2. The van der Waals surface area contributed by atoms with Gasteiger partial charge in [-0.2, -0.15) is 0 Å². The number of ether oxygens (including phenoxy) is 3. The summed E-state index contributed by atoms with van der Waals surface area (Å²) in [5.74, 6) is -1.87. The molecule has 0 rings (SSSR count). The van der Waals surface area contributed by atoms with Crippen molar-refractivity contribution in [1.29, 1.82) is 0 Å². The molecule has 0 aromatic heterocycles. The van der Waals surface area contributed by atoms with E-state index in [1.54, 1.807) is 0 Å². The molecule has 0 aliphatic heterocycles. The number of nitrogens with one attached hydrogen (secondary N) is 3. The zero-order chi connectivity index (χ0) is 34.8. The Morgan fingerprint density at radius 2 is 1.04 bits per heavy atom. The normalized spacial score (nSPS) is 11.7. The average molecular weight is 672 g/mol. The lowest BCUT2D eigenvalue weighted by Crippen LogP contribution is -2.42. The smallest absolute Gasteiger partial charge is 0.303 e. The maximum absolute atomic E-state index is 11.9. The first-order chi connectivity index (χ1) is 22.7. The number of hydrogen-bond donors (Lipinski definition) is 4. The molecule has 0 aliphatic rings. The van der Waals surface area contributed by atoms with Crippen LogP contribution in [-0.2, 0) is 38.2 Å². The molecule has 0 heterocycles. The highest BCUT2D eigenvalue weighted by molar-refractivity contribution is 5.88. The van der Waals surface area contributed by atoms with Gasteiger partial charge in [0.25, 0.3) is 0 Å². The SMILES string of the molecule is CC(=O)CCC(NC(=O)COCC(=O)NCCOCCOCCNCCCCCCCCCCCCCCCCCC(=O)O)C(C)=O. The third kappa shape index (κ3) is 34.7. The molecule has 0 aromatic rings. The summed E-state index contributed by atoms with van der Waals surface area (Å²) >= 11 is 0. The first-order valence-electron chi connectivity index (χ1n) is 17.9. The van der Waals surface area contributed by atoms with Gasteiger partial charge in [0.05, 0.1) is 32.5 Å². The molecular weight excluding hydrogens is 606 g/mol. The first-order valence-corrected chi connectivity index (χ1v) is 17.9. The van der Waals surface area contributed by atoms with E-state index in [2.05, 4.69) is 16.0 Å². The van der Waals surface area contributed by atoms with Crippen LogP contribution in [0.2, 0.25) is 0 Å². The molecule has 0 radical (unpaired) electrons. The number of rotatable bonds is 36. The fraction of sp³-hybridized carbons (Fsp3) is 0.857. The third-order valence-corrected chi connectivity index (χ3v) is 7.69. The number of carbonyl (C=O) groups is 5. The minimum absolute atomic E-state index is 0.0587. The van der Waals surface area contributed by atoms with Crippen molar-refractivity contribution in [1.82, 2.24) is 16.0 Å². The number of aliphatic carboxylic acids is 1. The van der Waals surface area contributed by atoms with E-state index < -0.39 is 17.9 Å². The van der Waals surface area contributed by atoms with E-state index in [1.165, 1.54) is 97.3 Å². The quantitative estimate of drug-likeness (QED) is 0.0696. The van der Waals surface area contributed by atoms with E-state index in [4.69, 9.17) is 19.3 Å². The summed E-state index contributed by atoms with van der Waals surface area (Å²) in [6.07, 6.45) is 19.4. The molecule has 0 fully saturated rings. The van der Waals surface area contributed by atoms with Gasteiger partial charge in [0.1, 0.15) is 19.0 Å². The van der Waals surface area contributed by atoms with Crippen molar-refractivity contribution in [3.8, 4) is 0 Å². The number of Topliss-reactive ketones (excluding diaryl/α,β-unsaturated/α-hetero) is 2. The summed E-state index contributed by atoms with van der Waals surface area (Å²) in [5.41, 5.74) is 0. The number of hydrogen-bond acceptors (Lipinski definition) is 9. The number of unbranched alkanes of at least 4 members (excludes halogenated alkanes) is 14. The Morgan fingerprint density at radius 3 is 1.55 bits per heavy atom. The predicted molar refractivity (Wildman–Crippen MR) is 182 cm³/mol. The molecule has 0 spiro atoms. The molecule has 0 aliphatic carbocycles. The van der Waals surface area contributed by atoms with Crippen molar-refractivity contribution in [2.75, 3.05) is 59.3 Å². The van der Waals surface area contributed by atoms with Gasteiger partial charge in [0.2, 0.25) is 11.8 Å². The molecular formula is C35H65N3O9. The molecule has 1 atom stereocenters. The number of ketones is 2. The van der Waals surface area contributed by atoms with Gasteiger partial charge in [-0.05, 0) is 39.7 Å². The average Bonchev–Trinajstić information content (AvgIpc) is 3.02. The van der Waals surface area contributed by atoms with Gasteiger partial charge in [-0.3, -0.25) is 19.2 Å². The van der Waals surface area contributed by atoms with Crippen LogP contribution in [0.3, 0.4) is 0 Å². The molecule has 0 aromatic carbocycles.